The van der Waals surface area contributed by atoms with E-state index in [4.69, 9.17) is 0 Å². The van der Waals surface area contributed by atoms with Gasteiger partial charge in [0.2, 0.25) is 5.95 Å². The number of likely N-dealkylation sites (tertiary alicyclic amines) is 1. The molecule has 1 fully saturated rings. The third-order valence-corrected chi connectivity index (χ3v) is 4.14. The second kappa shape index (κ2) is 7.86. The van der Waals surface area contributed by atoms with Crippen LogP contribution in [0.3, 0.4) is 0 Å². The zero-order valence-electron chi connectivity index (χ0n) is 14.0. The third-order valence-electron chi connectivity index (χ3n) is 4.14. The van der Waals surface area contributed by atoms with Crippen molar-refractivity contribution in [2.45, 2.75) is 39.2 Å². The molecule has 1 amide bonds. The van der Waals surface area contributed by atoms with Gasteiger partial charge in [-0.25, -0.2) is 9.97 Å². The number of anilines is 1. The third kappa shape index (κ3) is 4.28. The van der Waals surface area contributed by atoms with Gasteiger partial charge < -0.3 is 10.2 Å². The highest BCUT2D eigenvalue weighted by molar-refractivity contribution is 5.92. The number of hydrogen-bond donors (Lipinski definition) is 1. The molecule has 0 spiro atoms. The Balaban J connectivity index is 1.72. The lowest BCUT2D eigenvalue weighted by Crippen LogP contribution is -2.32. The summed E-state index contributed by atoms with van der Waals surface area (Å²) < 4.78 is 0. The zero-order chi connectivity index (χ0) is 16.8. The smallest absolute Gasteiger partial charge is 0.272 e. The van der Waals surface area contributed by atoms with Crippen LogP contribution >= 0.6 is 0 Å². The maximum absolute atomic E-state index is 12.7. The number of aryl methyl sites for hydroxylation is 1. The monoisotopic (exact) mass is 325 g/mol. The van der Waals surface area contributed by atoms with Gasteiger partial charge in [-0.15, -0.1) is 0 Å². The van der Waals surface area contributed by atoms with Crippen molar-refractivity contribution < 1.29 is 4.79 Å². The summed E-state index contributed by atoms with van der Waals surface area (Å²) in [6.45, 7) is 4.10. The molecule has 0 atom stereocenters. The van der Waals surface area contributed by atoms with E-state index >= 15 is 0 Å². The van der Waals surface area contributed by atoms with Crippen molar-refractivity contribution in [2.75, 3.05) is 18.4 Å². The average Bonchev–Trinajstić information content (AvgIpc) is 2.89. The Labute approximate surface area is 142 Å². The number of carbonyl (C=O) groups excluding carboxylic acids is 1. The van der Waals surface area contributed by atoms with Gasteiger partial charge in [-0.3, -0.25) is 9.78 Å². The van der Waals surface area contributed by atoms with E-state index in [1.807, 2.05) is 24.0 Å². The quantitative estimate of drug-likeness (QED) is 0.936. The topological polar surface area (TPSA) is 71.0 Å². The maximum atomic E-state index is 12.7. The van der Waals surface area contributed by atoms with Crippen LogP contribution in [-0.2, 0) is 6.54 Å². The molecule has 0 radical (unpaired) electrons. The van der Waals surface area contributed by atoms with Gasteiger partial charge in [-0.05, 0) is 37.5 Å². The highest BCUT2D eigenvalue weighted by Crippen LogP contribution is 2.14. The highest BCUT2D eigenvalue weighted by Gasteiger charge is 2.19. The Morgan fingerprint density at radius 1 is 1.21 bits per heavy atom. The number of hydrogen-bond acceptors (Lipinski definition) is 5. The van der Waals surface area contributed by atoms with Gasteiger partial charge in [0.05, 0.1) is 0 Å². The van der Waals surface area contributed by atoms with Crippen molar-refractivity contribution in [3.05, 3.63) is 47.5 Å². The van der Waals surface area contributed by atoms with Crippen molar-refractivity contribution in [3.63, 3.8) is 0 Å². The van der Waals surface area contributed by atoms with Gasteiger partial charge in [0.15, 0.2) is 0 Å². The molecule has 1 N–H and O–H groups in total. The molecule has 0 unspecified atom stereocenters. The van der Waals surface area contributed by atoms with Crippen LogP contribution in [-0.4, -0.2) is 38.8 Å². The van der Waals surface area contributed by atoms with Crippen LogP contribution in [0.15, 0.2) is 30.6 Å². The second-order valence-corrected chi connectivity index (χ2v) is 6.14. The van der Waals surface area contributed by atoms with Crippen LogP contribution in [0.25, 0.3) is 0 Å². The van der Waals surface area contributed by atoms with E-state index in [2.05, 4.69) is 20.3 Å². The molecule has 6 heteroatoms. The molecule has 3 heterocycles. The van der Waals surface area contributed by atoms with Crippen LogP contribution in [0.5, 0.6) is 0 Å². The molecular weight excluding hydrogens is 302 g/mol. The summed E-state index contributed by atoms with van der Waals surface area (Å²) in [5.41, 5.74) is 2.30. The molecule has 3 rings (SSSR count). The lowest BCUT2D eigenvalue weighted by molar-refractivity contribution is 0.0755. The molecule has 1 saturated heterocycles. The Morgan fingerprint density at radius 2 is 2.00 bits per heavy atom. The highest BCUT2D eigenvalue weighted by atomic mass is 16.2. The molecule has 24 heavy (non-hydrogen) atoms. The summed E-state index contributed by atoms with van der Waals surface area (Å²) in [6, 6.07) is 5.64. The number of amides is 1. The summed E-state index contributed by atoms with van der Waals surface area (Å²) >= 11 is 0. The zero-order valence-corrected chi connectivity index (χ0v) is 14.0. The number of nitrogens with one attached hydrogen (secondary N) is 1. The predicted octanol–water partition coefficient (Wildman–Crippen LogP) is 2.81. The molecule has 2 aromatic rings. The van der Waals surface area contributed by atoms with E-state index in [0.717, 1.165) is 37.2 Å². The van der Waals surface area contributed by atoms with Gasteiger partial charge in [0, 0.05) is 37.7 Å². The predicted molar refractivity (Wildman–Crippen MR) is 92.7 cm³/mol. The Kier molecular flexibility index (Phi) is 5.36. The number of pyridine rings is 1. The molecule has 6 nitrogen and oxygen atoms in total. The lowest BCUT2D eigenvalue weighted by Gasteiger charge is -2.20. The second-order valence-electron chi connectivity index (χ2n) is 6.14. The summed E-state index contributed by atoms with van der Waals surface area (Å²) in [6.07, 6.45) is 8.08. The lowest BCUT2D eigenvalue weighted by atomic mass is 10.2. The fourth-order valence-corrected chi connectivity index (χ4v) is 2.88. The first-order valence-electron chi connectivity index (χ1n) is 8.50. The molecule has 1 aliphatic rings. The van der Waals surface area contributed by atoms with Crippen molar-refractivity contribution >= 4 is 11.9 Å². The van der Waals surface area contributed by atoms with Crippen LogP contribution < -0.4 is 5.32 Å². The van der Waals surface area contributed by atoms with Crippen LogP contribution in [0.4, 0.5) is 5.95 Å². The van der Waals surface area contributed by atoms with E-state index < -0.39 is 0 Å². The molecule has 0 aliphatic carbocycles. The largest absolute Gasteiger partial charge is 0.350 e. The van der Waals surface area contributed by atoms with E-state index in [1.165, 1.54) is 12.8 Å². The number of aromatic nitrogens is 3. The Bertz CT molecular complexity index is 681. The molecular formula is C18H23N5O. The first-order valence-corrected chi connectivity index (χ1v) is 8.50. The van der Waals surface area contributed by atoms with E-state index in [9.17, 15) is 4.79 Å². The van der Waals surface area contributed by atoms with E-state index in [0.29, 0.717) is 18.2 Å². The van der Waals surface area contributed by atoms with E-state index in [1.54, 1.807) is 18.5 Å². The molecule has 2 aromatic heterocycles. The van der Waals surface area contributed by atoms with Gasteiger partial charge in [0.25, 0.3) is 5.91 Å². The molecule has 0 bridgehead atoms. The number of nitrogens with zero attached hydrogens (tertiary/aromatic N) is 4. The summed E-state index contributed by atoms with van der Waals surface area (Å²) in [7, 11) is 0. The summed E-state index contributed by atoms with van der Waals surface area (Å²) in [5, 5.41) is 3.18. The fourth-order valence-electron chi connectivity index (χ4n) is 2.88. The first-order chi connectivity index (χ1) is 11.7. The van der Waals surface area contributed by atoms with Crippen LogP contribution in [0.2, 0.25) is 0 Å². The Hall–Kier alpha value is -2.50. The van der Waals surface area contributed by atoms with Crippen molar-refractivity contribution in [1.82, 2.24) is 19.9 Å². The standard InChI is InChI=1S/C18H23N5O/c1-14-11-16(17(24)23-9-4-2-3-5-10-23)22-18(21-14)20-13-15-7-6-8-19-12-15/h6-8,11-12H,2-5,9-10,13H2,1H3,(H,20,21,22). The summed E-state index contributed by atoms with van der Waals surface area (Å²) in [5.74, 6) is 0.490. The van der Waals surface area contributed by atoms with Crippen LogP contribution in [0, 0.1) is 6.92 Å². The molecule has 0 aromatic carbocycles. The average molecular weight is 325 g/mol. The van der Waals surface area contributed by atoms with E-state index in [-0.39, 0.29) is 5.91 Å². The maximum Gasteiger partial charge on any atom is 0.272 e. The number of carbonyl (C=O) groups is 1. The fraction of sp³-hybridized carbons (Fsp3) is 0.444. The van der Waals surface area contributed by atoms with Gasteiger partial charge in [-0.2, -0.15) is 0 Å². The Morgan fingerprint density at radius 3 is 2.71 bits per heavy atom. The van der Waals surface area contributed by atoms with Crippen molar-refractivity contribution in [2.24, 2.45) is 0 Å². The van der Waals surface area contributed by atoms with Gasteiger partial charge in [0.1, 0.15) is 5.69 Å². The molecule has 1 aliphatic heterocycles. The molecule has 0 saturated carbocycles. The van der Waals surface area contributed by atoms with Crippen molar-refractivity contribution in [3.8, 4) is 0 Å². The minimum atomic E-state index is 0.00632. The summed E-state index contributed by atoms with van der Waals surface area (Å²) in [4.78, 5) is 27.5. The van der Waals surface area contributed by atoms with Crippen LogP contribution in [0.1, 0.15) is 47.4 Å². The van der Waals surface area contributed by atoms with Gasteiger partial charge >= 0.3 is 0 Å². The first kappa shape index (κ1) is 16.4. The normalized spacial score (nSPS) is 15.0. The number of rotatable bonds is 4. The molecule has 126 valence electrons. The SMILES string of the molecule is Cc1cc(C(=O)N2CCCCCC2)nc(NCc2cccnc2)n1. The minimum Gasteiger partial charge on any atom is -0.350 e. The minimum absolute atomic E-state index is 0.00632. The van der Waals surface area contributed by atoms with Crippen molar-refractivity contribution in [1.29, 1.82) is 0 Å². The van der Waals surface area contributed by atoms with Gasteiger partial charge in [-0.1, -0.05) is 18.9 Å².